The molecule has 42 heavy (non-hydrogen) atoms. The van der Waals surface area contributed by atoms with E-state index in [0.29, 0.717) is 17.0 Å². The summed E-state index contributed by atoms with van der Waals surface area (Å²) in [7, 11) is 0. The quantitative estimate of drug-likeness (QED) is 0.130. The van der Waals surface area contributed by atoms with Gasteiger partial charge in [-0.2, -0.15) is 0 Å². The van der Waals surface area contributed by atoms with Crippen LogP contribution >= 0.6 is 0 Å². The minimum absolute atomic E-state index is 0.134. The molecule has 0 unspecified atom stereocenters. The molecule has 0 aromatic heterocycles. The second kappa shape index (κ2) is 15.5. The maximum atomic E-state index is 13.2. The molecule has 0 heterocycles. The Bertz CT molecular complexity index is 1240. The molecule has 0 fully saturated rings. The van der Waals surface area contributed by atoms with Gasteiger partial charge in [-0.1, -0.05) is 101 Å². The first-order valence-electron chi connectivity index (χ1n) is 15.4. The van der Waals surface area contributed by atoms with Gasteiger partial charge in [-0.05, 0) is 68.4 Å². The lowest BCUT2D eigenvalue weighted by atomic mass is 9.73. The number of carbonyl (C=O) groups is 3. The number of rotatable bonds is 15. The first kappa shape index (κ1) is 32.8. The van der Waals surface area contributed by atoms with Crippen molar-refractivity contribution in [1.82, 2.24) is 0 Å². The smallest absolute Gasteiger partial charge is 0.338 e. The lowest BCUT2D eigenvalue weighted by molar-refractivity contribution is -0.140. The van der Waals surface area contributed by atoms with Crippen LogP contribution in [-0.2, 0) is 19.7 Å². The van der Waals surface area contributed by atoms with Crippen molar-refractivity contribution < 1.29 is 29.0 Å². The molecule has 0 spiro atoms. The van der Waals surface area contributed by atoms with Gasteiger partial charge in [0.05, 0.1) is 23.3 Å². The third-order valence-corrected chi connectivity index (χ3v) is 8.26. The fraction of sp³-hybridized carbons (Fsp3) is 0.472. The highest BCUT2D eigenvalue weighted by atomic mass is 16.5. The van der Waals surface area contributed by atoms with Gasteiger partial charge >= 0.3 is 17.9 Å². The fourth-order valence-electron chi connectivity index (χ4n) is 5.53. The number of hydrogen-bond acceptors (Lipinski definition) is 5. The number of carboxylic acid groups (broad SMARTS) is 1. The van der Waals surface area contributed by atoms with Gasteiger partial charge in [0.2, 0.25) is 0 Å². The Kier molecular flexibility index (Phi) is 12.1. The summed E-state index contributed by atoms with van der Waals surface area (Å²) in [4.78, 5) is 38.5. The van der Waals surface area contributed by atoms with E-state index in [1.54, 1.807) is 48.6 Å². The Balaban J connectivity index is 1.76. The van der Waals surface area contributed by atoms with Crippen LogP contribution in [0.5, 0.6) is 0 Å². The Morgan fingerprint density at radius 3 is 2.05 bits per heavy atom. The Morgan fingerprint density at radius 1 is 0.833 bits per heavy atom. The molecule has 1 N–H and O–H groups in total. The Morgan fingerprint density at radius 2 is 1.45 bits per heavy atom. The van der Waals surface area contributed by atoms with E-state index < -0.39 is 17.4 Å². The van der Waals surface area contributed by atoms with E-state index in [2.05, 4.69) is 20.8 Å². The number of carbonyl (C=O) groups excluding carboxylic acids is 2. The third kappa shape index (κ3) is 8.21. The van der Waals surface area contributed by atoms with Crippen LogP contribution in [0, 0.1) is 5.92 Å². The monoisotopic (exact) mass is 574 g/mol. The summed E-state index contributed by atoms with van der Waals surface area (Å²) in [5, 5.41) is 10.4. The fourth-order valence-corrected chi connectivity index (χ4v) is 5.53. The highest BCUT2D eigenvalue weighted by molar-refractivity contribution is 5.97. The molecule has 2 aromatic rings. The standard InChI is InChI=1S/C36H46O6/c1-6-9-10-13-25(4)41-33(37)30-18-16-28(17-19-30)29-20-22-36(23-21-29,35(39)40)32-15-12-11-14-31(32)34(38)42-26(5)24-27(7-2)8-3/h11-12,14-23,25-27,29H,6-10,13,24H2,1-5H3,(H,39,40)/t25-,26-,29?,36?/m1/s1. The minimum Gasteiger partial charge on any atom is -0.480 e. The molecule has 0 saturated heterocycles. The molecule has 6 nitrogen and oxygen atoms in total. The predicted octanol–water partition coefficient (Wildman–Crippen LogP) is 8.42. The van der Waals surface area contributed by atoms with Crippen LogP contribution in [0.1, 0.15) is 117 Å². The maximum absolute atomic E-state index is 13.2. The normalized spacial score (nSPS) is 19.3. The van der Waals surface area contributed by atoms with Gasteiger partial charge in [0.15, 0.2) is 0 Å². The number of carboxylic acids is 1. The van der Waals surface area contributed by atoms with Crippen LogP contribution in [0.2, 0.25) is 0 Å². The summed E-state index contributed by atoms with van der Waals surface area (Å²) >= 11 is 0. The highest BCUT2D eigenvalue weighted by Crippen LogP contribution is 2.37. The average molecular weight is 575 g/mol. The van der Waals surface area contributed by atoms with Crippen LogP contribution in [0.3, 0.4) is 0 Å². The van der Waals surface area contributed by atoms with Crippen LogP contribution in [0.4, 0.5) is 0 Å². The molecule has 0 bridgehead atoms. The van der Waals surface area contributed by atoms with E-state index in [-0.39, 0.29) is 29.7 Å². The first-order chi connectivity index (χ1) is 20.1. The van der Waals surface area contributed by atoms with Crippen molar-refractivity contribution in [1.29, 1.82) is 0 Å². The van der Waals surface area contributed by atoms with Crippen molar-refractivity contribution in [3.05, 3.63) is 95.1 Å². The van der Waals surface area contributed by atoms with Gasteiger partial charge in [-0.3, -0.25) is 4.79 Å². The van der Waals surface area contributed by atoms with Gasteiger partial charge in [0, 0.05) is 5.92 Å². The molecule has 226 valence electrons. The number of allylic oxidation sites excluding steroid dienone is 2. The van der Waals surface area contributed by atoms with Crippen molar-refractivity contribution in [2.24, 2.45) is 5.92 Å². The Labute approximate surface area is 250 Å². The summed E-state index contributed by atoms with van der Waals surface area (Å²) in [5.74, 6) is -1.66. The number of hydrogen-bond donors (Lipinski definition) is 1. The molecule has 0 amide bonds. The topological polar surface area (TPSA) is 89.9 Å². The zero-order chi connectivity index (χ0) is 30.7. The SMILES string of the molecule is CCCCC[C@@H](C)OC(=O)c1ccc(C2C=CC(C(=O)O)(c3ccccc3C(=O)O[C@H](C)CC(CC)CC)C=C2)cc1. The van der Waals surface area contributed by atoms with E-state index in [4.69, 9.17) is 9.47 Å². The summed E-state index contributed by atoms with van der Waals surface area (Å²) in [6, 6.07) is 14.0. The van der Waals surface area contributed by atoms with E-state index in [9.17, 15) is 19.5 Å². The van der Waals surface area contributed by atoms with Crippen LogP contribution < -0.4 is 0 Å². The van der Waals surface area contributed by atoms with Gasteiger partial charge in [-0.25, -0.2) is 9.59 Å². The second-order valence-corrected chi connectivity index (χ2v) is 11.4. The summed E-state index contributed by atoms with van der Waals surface area (Å²) in [6.45, 7) is 10.2. The second-order valence-electron chi connectivity index (χ2n) is 11.4. The van der Waals surface area contributed by atoms with Crippen molar-refractivity contribution in [3.63, 3.8) is 0 Å². The maximum Gasteiger partial charge on any atom is 0.338 e. The van der Waals surface area contributed by atoms with Crippen molar-refractivity contribution >= 4 is 17.9 Å². The van der Waals surface area contributed by atoms with E-state index in [0.717, 1.165) is 50.5 Å². The number of ether oxygens (including phenoxy) is 2. The first-order valence-corrected chi connectivity index (χ1v) is 15.4. The zero-order valence-electron chi connectivity index (χ0n) is 25.7. The number of unbranched alkanes of at least 4 members (excludes halogenated alkanes) is 2. The number of aliphatic carboxylic acids is 1. The van der Waals surface area contributed by atoms with Crippen LogP contribution in [0.25, 0.3) is 0 Å². The number of esters is 2. The van der Waals surface area contributed by atoms with Gasteiger partial charge in [-0.15, -0.1) is 0 Å². The molecule has 3 rings (SSSR count). The average Bonchev–Trinajstić information content (AvgIpc) is 3.00. The van der Waals surface area contributed by atoms with Gasteiger partial charge in [0.1, 0.15) is 5.41 Å². The lowest BCUT2D eigenvalue weighted by Crippen LogP contribution is -2.35. The molecular weight excluding hydrogens is 528 g/mol. The van der Waals surface area contributed by atoms with Crippen molar-refractivity contribution in [2.75, 3.05) is 0 Å². The van der Waals surface area contributed by atoms with Crippen LogP contribution in [-0.4, -0.2) is 35.2 Å². The molecule has 0 radical (unpaired) electrons. The van der Waals surface area contributed by atoms with E-state index in [1.165, 1.54) is 0 Å². The van der Waals surface area contributed by atoms with Gasteiger partial charge < -0.3 is 14.6 Å². The highest BCUT2D eigenvalue weighted by Gasteiger charge is 2.40. The number of benzene rings is 2. The van der Waals surface area contributed by atoms with Crippen molar-refractivity contribution in [3.8, 4) is 0 Å². The largest absolute Gasteiger partial charge is 0.480 e. The summed E-state index contributed by atoms with van der Waals surface area (Å²) in [6.07, 6.45) is 13.4. The molecule has 1 aliphatic carbocycles. The van der Waals surface area contributed by atoms with E-state index >= 15 is 0 Å². The molecule has 2 aromatic carbocycles. The zero-order valence-corrected chi connectivity index (χ0v) is 25.7. The van der Waals surface area contributed by atoms with Gasteiger partial charge in [0.25, 0.3) is 0 Å². The third-order valence-electron chi connectivity index (χ3n) is 8.26. The summed E-state index contributed by atoms with van der Waals surface area (Å²) < 4.78 is 11.4. The van der Waals surface area contributed by atoms with Crippen molar-refractivity contribution in [2.45, 2.75) is 103 Å². The predicted molar refractivity (Wildman–Crippen MR) is 166 cm³/mol. The molecule has 0 aliphatic heterocycles. The molecule has 6 heteroatoms. The molecule has 2 atom stereocenters. The molecule has 0 saturated carbocycles. The molecular formula is C36H46O6. The lowest BCUT2D eigenvalue weighted by Gasteiger charge is -2.29. The van der Waals surface area contributed by atoms with E-state index in [1.807, 2.05) is 38.1 Å². The van der Waals surface area contributed by atoms with Crippen LogP contribution in [0.15, 0.2) is 72.8 Å². The molecule has 1 aliphatic rings. The summed E-state index contributed by atoms with van der Waals surface area (Å²) in [5.41, 5.74) is 0.500. The minimum atomic E-state index is -1.51. The Hall–Kier alpha value is -3.67.